The summed E-state index contributed by atoms with van der Waals surface area (Å²) in [5.74, 6) is -0.0680. The average molecular weight is 506 g/mol. The minimum absolute atomic E-state index is 0.217. The number of carbonyl (C=O) groups excluding carboxylic acids is 1. The minimum Gasteiger partial charge on any atom is -0.385 e. The molecule has 10 heteroatoms. The summed E-state index contributed by atoms with van der Waals surface area (Å²) in [6, 6.07) is 5.38. The highest BCUT2D eigenvalue weighted by Gasteiger charge is 2.23. The molecule has 5 N–H and O–H groups in total. The fraction of sp³-hybridized carbons (Fsp3) is 0.524. The zero-order valence-corrected chi connectivity index (χ0v) is 21.0. The molecule has 0 amide bonds. The SMILES string of the molecule is COCCC(C)SN.Nc1nc(NC2CCCCC2)sc1C(=O)c1c(Cl)cccc1Cl. The first kappa shape index (κ1) is 26.2. The molecule has 1 saturated carbocycles. The number of anilines is 2. The highest BCUT2D eigenvalue weighted by Crippen LogP contribution is 2.33. The number of ketones is 1. The monoisotopic (exact) mass is 504 g/mol. The number of nitrogens with one attached hydrogen (secondary N) is 1. The van der Waals surface area contributed by atoms with Crippen molar-refractivity contribution < 1.29 is 9.53 Å². The third-order valence-electron chi connectivity index (χ3n) is 4.94. The molecule has 3 rings (SSSR count). The first-order valence-corrected chi connectivity index (χ1v) is 12.7. The molecule has 0 radical (unpaired) electrons. The molecule has 1 aliphatic carbocycles. The van der Waals surface area contributed by atoms with E-state index in [2.05, 4.69) is 17.2 Å². The summed E-state index contributed by atoms with van der Waals surface area (Å²) in [7, 11) is 1.70. The van der Waals surface area contributed by atoms with E-state index in [4.69, 9.17) is 38.8 Å². The molecule has 0 spiro atoms. The molecule has 2 aromatic rings. The molecule has 1 aromatic carbocycles. The lowest BCUT2D eigenvalue weighted by molar-refractivity contribution is 0.104. The van der Waals surface area contributed by atoms with Gasteiger partial charge in [-0.2, -0.15) is 0 Å². The van der Waals surface area contributed by atoms with E-state index < -0.39 is 0 Å². The van der Waals surface area contributed by atoms with E-state index >= 15 is 0 Å². The maximum atomic E-state index is 12.7. The van der Waals surface area contributed by atoms with Crippen LogP contribution >= 0.6 is 46.5 Å². The summed E-state index contributed by atoms with van der Waals surface area (Å²) in [4.78, 5) is 17.4. The van der Waals surface area contributed by atoms with Crippen LogP contribution in [0.25, 0.3) is 0 Å². The Kier molecular flexibility index (Phi) is 11.4. The molecule has 31 heavy (non-hydrogen) atoms. The molecular weight excluding hydrogens is 475 g/mol. The second-order valence-corrected chi connectivity index (χ2v) is 10.3. The Balaban J connectivity index is 0.000000366. The minimum atomic E-state index is -0.285. The smallest absolute Gasteiger partial charge is 0.209 e. The lowest BCUT2D eigenvalue weighted by Gasteiger charge is -2.22. The Labute approximate surface area is 202 Å². The fourth-order valence-electron chi connectivity index (χ4n) is 3.16. The molecule has 1 unspecified atom stereocenters. The van der Waals surface area contributed by atoms with Crippen molar-refractivity contribution in [3.05, 3.63) is 38.7 Å². The number of thiazole rings is 1. The highest BCUT2D eigenvalue weighted by atomic mass is 35.5. The molecule has 0 saturated heterocycles. The number of rotatable bonds is 8. The Bertz CT molecular complexity index is 825. The second-order valence-electron chi connectivity index (χ2n) is 7.37. The molecule has 0 aliphatic heterocycles. The summed E-state index contributed by atoms with van der Waals surface area (Å²) in [6.07, 6.45) is 7.02. The van der Waals surface area contributed by atoms with Crippen molar-refractivity contribution in [2.45, 2.75) is 56.7 Å². The Morgan fingerprint density at radius 1 is 1.32 bits per heavy atom. The molecule has 0 bridgehead atoms. The van der Waals surface area contributed by atoms with Gasteiger partial charge in [0.25, 0.3) is 0 Å². The number of aromatic nitrogens is 1. The highest BCUT2D eigenvalue weighted by molar-refractivity contribution is 7.97. The van der Waals surface area contributed by atoms with Crippen LogP contribution in [0.1, 0.15) is 60.7 Å². The van der Waals surface area contributed by atoms with E-state index in [1.807, 2.05) is 0 Å². The number of carbonyl (C=O) groups is 1. The van der Waals surface area contributed by atoms with Crippen LogP contribution in [0.5, 0.6) is 0 Å². The van der Waals surface area contributed by atoms with E-state index in [9.17, 15) is 4.79 Å². The lowest BCUT2D eigenvalue weighted by Crippen LogP contribution is -2.22. The number of nitrogen functional groups attached to an aromatic ring is 1. The normalized spacial score (nSPS) is 15.1. The molecule has 1 fully saturated rings. The van der Waals surface area contributed by atoms with Crippen molar-refractivity contribution in [1.29, 1.82) is 0 Å². The largest absolute Gasteiger partial charge is 0.385 e. The molecule has 1 aliphatic rings. The quantitative estimate of drug-likeness (QED) is 0.297. The van der Waals surface area contributed by atoms with Crippen molar-refractivity contribution in [1.82, 2.24) is 4.98 Å². The summed E-state index contributed by atoms with van der Waals surface area (Å²) < 4.78 is 4.85. The van der Waals surface area contributed by atoms with Gasteiger partial charge in [0.1, 0.15) is 10.7 Å². The lowest BCUT2D eigenvalue weighted by atomic mass is 9.96. The van der Waals surface area contributed by atoms with E-state index in [0.717, 1.165) is 25.9 Å². The van der Waals surface area contributed by atoms with Crippen LogP contribution in [0, 0.1) is 0 Å². The topological polar surface area (TPSA) is 103 Å². The molecule has 172 valence electrons. The summed E-state index contributed by atoms with van der Waals surface area (Å²) in [5, 5.41) is 10.5. The molecule has 1 heterocycles. The van der Waals surface area contributed by atoms with Crippen LogP contribution in [0.3, 0.4) is 0 Å². The van der Waals surface area contributed by atoms with Crippen LogP contribution in [-0.2, 0) is 4.74 Å². The maximum Gasteiger partial charge on any atom is 0.209 e. The number of benzene rings is 1. The van der Waals surface area contributed by atoms with Crippen LogP contribution in [0.4, 0.5) is 10.9 Å². The van der Waals surface area contributed by atoms with Crippen LogP contribution in [0.15, 0.2) is 18.2 Å². The Morgan fingerprint density at radius 3 is 2.55 bits per heavy atom. The van der Waals surface area contributed by atoms with Gasteiger partial charge in [0.2, 0.25) is 5.78 Å². The summed E-state index contributed by atoms with van der Waals surface area (Å²) >= 11 is 14.9. The van der Waals surface area contributed by atoms with Crippen molar-refractivity contribution in [3.8, 4) is 0 Å². The Hall–Kier alpha value is -1.03. The van der Waals surface area contributed by atoms with Crippen molar-refractivity contribution >= 4 is 63.2 Å². The van der Waals surface area contributed by atoms with Gasteiger partial charge in [0.05, 0.1) is 15.6 Å². The third-order valence-corrected chi connectivity index (χ3v) is 7.27. The van der Waals surface area contributed by atoms with Gasteiger partial charge in [-0.1, -0.05) is 78.7 Å². The Morgan fingerprint density at radius 2 is 1.97 bits per heavy atom. The van der Waals surface area contributed by atoms with Crippen molar-refractivity contribution in [2.75, 3.05) is 24.8 Å². The first-order chi connectivity index (χ1) is 14.9. The number of methoxy groups -OCH3 is 1. The number of hydrogen-bond donors (Lipinski definition) is 3. The van der Waals surface area contributed by atoms with E-state index in [1.54, 1.807) is 25.3 Å². The van der Waals surface area contributed by atoms with Gasteiger partial charge in [0, 0.05) is 25.0 Å². The summed E-state index contributed by atoms with van der Waals surface area (Å²) in [5.41, 5.74) is 6.21. The van der Waals surface area contributed by atoms with Crippen molar-refractivity contribution in [3.63, 3.8) is 0 Å². The fourth-order valence-corrected chi connectivity index (χ4v) is 4.87. The van der Waals surface area contributed by atoms with E-state index in [0.29, 0.717) is 31.3 Å². The summed E-state index contributed by atoms with van der Waals surface area (Å²) in [6.45, 7) is 2.90. The van der Waals surface area contributed by atoms with Crippen LogP contribution < -0.4 is 16.2 Å². The second kappa shape index (κ2) is 13.5. The number of nitrogens with zero attached hydrogens (tertiary/aromatic N) is 1. The van der Waals surface area contributed by atoms with E-state index in [1.165, 1.54) is 42.5 Å². The van der Waals surface area contributed by atoms with Crippen molar-refractivity contribution in [2.24, 2.45) is 5.14 Å². The average Bonchev–Trinajstić information content (AvgIpc) is 3.12. The predicted octanol–water partition coefficient (Wildman–Crippen LogP) is 6.03. The number of hydrogen-bond acceptors (Lipinski definition) is 8. The van der Waals surface area contributed by atoms with Gasteiger partial charge in [-0.3, -0.25) is 9.93 Å². The zero-order valence-electron chi connectivity index (χ0n) is 17.8. The van der Waals surface area contributed by atoms with Gasteiger partial charge in [-0.15, -0.1) is 0 Å². The van der Waals surface area contributed by atoms with Gasteiger partial charge < -0.3 is 15.8 Å². The maximum absolute atomic E-state index is 12.7. The molecule has 6 nitrogen and oxygen atoms in total. The third kappa shape index (κ3) is 8.11. The number of nitrogens with two attached hydrogens (primary N) is 2. The van der Waals surface area contributed by atoms with Gasteiger partial charge in [-0.05, 0) is 31.4 Å². The number of halogens is 2. The first-order valence-electron chi connectivity index (χ1n) is 10.2. The standard InChI is InChI=1S/C16H17Cl2N3OS.C5H13NOS/c17-10-7-4-8-11(18)12(10)13(22)14-15(19)21-16(23-14)20-9-5-2-1-3-6-9;1-5(8-6)3-4-7-2/h4,7-9H,1-3,5-6,19H2,(H,20,21);5H,3-4,6H2,1-2H3. The van der Waals surface area contributed by atoms with Gasteiger partial charge >= 0.3 is 0 Å². The van der Waals surface area contributed by atoms with E-state index in [-0.39, 0.29) is 17.2 Å². The molecule has 1 aromatic heterocycles. The van der Waals surface area contributed by atoms with Crippen LogP contribution in [0.2, 0.25) is 10.0 Å². The predicted molar refractivity (Wildman–Crippen MR) is 135 cm³/mol. The number of ether oxygens (including phenoxy) is 1. The van der Waals surface area contributed by atoms with Crippen LogP contribution in [-0.4, -0.2) is 35.8 Å². The molecule has 1 atom stereocenters. The van der Waals surface area contributed by atoms with Gasteiger partial charge in [0.15, 0.2) is 5.13 Å². The molecular formula is C21H30Cl2N4O2S2. The zero-order chi connectivity index (χ0) is 22.8. The van der Waals surface area contributed by atoms with Gasteiger partial charge in [-0.25, -0.2) is 4.98 Å².